The largest absolute Gasteiger partial charge is 0.486 e. The number of Topliss-reactive ketones (excluding diaryl/α,β-unsaturated/α-hetero) is 2. The number of aliphatic hydroxyl groups is 2. The minimum absolute atomic E-state index is 0.0292. The Bertz CT molecular complexity index is 780. The van der Waals surface area contributed by atoms with E-state index in [1.54, 1.807) is 25.8 Å². The summed E-state index contributed by atoms with van der Waals surface area (Å²) in [5.74, 6) is 0.0189. The Kier molecular flexibility index (Phi) is 5.08. The van der Waals surface area contributed by atoms with E-state index in [1.807, 2.05) is 11.8 Å². The minimum atomic E-state index is -0.928. The van der Waals surface area contributed by atoms with Crippen molar-refractivity contribution < 1.29 is 29.3 Å². The van der Waals surface area contributed by atoms with Crippen LogP contribution in [0.4, 0.5) is 0 Å². The van der Waals surface area contributed by atoms with Gasteiger partial charge < -0.3 is 29.9 Å². The first-order chi connectivity index (χ1) is 13.4. The van der Waals surface area contributed by atoms with E-state index >= 15 is 0 Å². The predicted molar refractivity (Wildman–Crippen MR) is 102 cm³/mol. The highest BCUT2D eigenvalue weighted by molar-refractivity contribution is 7.99. The highest BCUT2D eigenvalue weighted by atomic mass is 32.2. The molecule has 5 atom stereocenters. The highest BCUT2D eigenvalue weighted by Crippen LogP contribution is 2.55. The van der Waals surface area contributed by atoms with Crippen molar-refractivity contribution in [3.8, 4) is 0 Å². The average Bonchev–Trinajstić information content (AvgIpc) is 3.30. The number of carbonyl (C=O) groups excluding carboxylic acids is 2. The Hall–Kier alpha value is -1.39. The fraction of sp³-hybridized carbons (Fsp3) is 0.684. The summed E-state index contributed by atoms with van der Waals surface area (Å²) in [6.45, 7) is 3.76. The molecular weight excluding hydrogens is 384 g/mol. The van der Waals surface area contributed by atoms with E-state index < -0.39 is 23.5 Å². The molecule has 3 aliphatic heterocycles. The fourth-order valence-electron chi connectivity index (χ4n) is 4.78. The quantitative estimate of drug-likeness (QED) is 0.357. The third-order valence-electron chi connectivity index (χ3n) is 6.10. The number of ketones is 2. The van der Waals surface area contributed by atoms with Crippen LogP contribution >= 0.6 is 11.8 Å². The zero-order chi connectivity index (χ0) is 20.2. The maximum absolute atomic E-state index is 13.3. The van der Waals surface area contributed by atoms with Gasteiger partial charge in [0.05, 0.1) is 30.4 Å². The van der Waals surface area contributed by atoms with E-state index in [0.29, 0.717) is 18.0 Å². The van der Waals surface area contributed by atoms with Crippen molar-refractivity contribution in [2.75, 3.05) is 38.4 Å². The third kappa shape index (κ3) is 2.60. The Balaban J connectivity index is 1.62. The van der Waals surface area contributed by atoms with Gasteiger partial charge >= 0.3 is 0 Å². The lowest BCUT2D eigenvalue weighted by Gasteiger charge is -2.39. The maximum atomic E-state index is 13.3. The second kappa shape index (κ2) is 7.14. The van der Waals surface area contributed by atoms with Crippen molar-refractivity contribution in [1.29, 1.82) is 0 Å². The number of nitrogens with one attached hydrogen (secondary N) is 1. The van der Waals surface area contributed by atoms with Gasteiger partial charge in [-0.25, -0.2) is 0 Å². The molecule has 0 radical (unpaired) electrons. The molecule has 4 aliphatic rings. The maximum Gasteiger partial charge on any atom is 0.226 e. The SMILES string of the molecule is CCSCC(O)COC1=C(C)C(=O)C2=C(C1=O)C(CO)C1(OC)C3NC3CN21. The number of nitrogens with zero attached hydrogens (tertiary/aromatic N) is 1. The van der Waals surface area contributed by atoms with Gasteiger partial charge in [-0.1, -0.05) is 6.92 Å². The summed E-state index contributed by atoms with van der Waals surface area (Å²) in [5, 5.41) is 23.5. The molecular formula is C19H26N2O6S. The Labute approximate surface area is 167 Å². The molecule has 0 aromatic carbocycles. The van der Waals surface area contributed by atoms with E-state index in [4.69, 9.17) is 9.47 Å². The lowest BCUT2D eigenvalue weighted by atomic mass is 9.83. The number of rotatable bonds is 8. The van der Waals surface area contributed by atoms with E-state index in [-0.39, 0.29) is 48.0 Å². The van der Waals surface area contributed by atoms with Crippen molar-refractivity contribution in [2.24, 2.45) is 5.92 Å². The van der Waals surface area contributed by atoms with Crippen molar-refractivity contribution in [1.82, 2.24) is 10.2 Å². The van der Waals surface area contributed by atoms with E-state index in [1.165, 1.54) is 0 Å². The summed E-state index contributed by atoms with van der Waals surface area (Å²) < 4.78 is 11.5. The molecule has 0 aromatic heterocycles. The molecule has 2 fully saturated rings. The number of methoxy groups -OCH3 is 1. The van der Waals surface area contributed by atoms with Gasteiger partial charge in [-0.2, -0.15) is 11.8 Å². The van der Waals surface area contributed by atoms with Crippen molar-refractivity contribution in [3.05, 3.63) is 22.6 Å². The Morgan fingerprint density at radius 1 is 1.39 bits per heavy atom. The van der Waals surface area contributed by atoms with Crippen LogP contribution in [0.3, 0.4) is 0 Å². The minimum Gasteiger partial charge on any atom is -0.486 e. The molecule has 0 amide bonds. The lowest BCUT2D eigenvalue weighted by molar-refractivity contribution is -0.137. The fourth-order valence-corrected chi connectivity index (χ4v) is 5.38. The molecule has 0 spiro atoms. The Morgan fingerprint density at radius 3 is 2.79 bits per heavy atom. The zero-order valence-electron chi connectivity index (χ0n) is 16.2. The van der Waals surface area contributed by atoms with Crippen LogP contribution in [0.2, 0.25) is 0 Å². The van der Waals surface area contributed by atoms with Gasteiger partial charge in [-0.3, -0.25) is 9.59 Å². The molecule has 2 saturated heterocycles. The number of aliphatic hydroxyl groups excluding tert-OH is 2. The van der Waals surface area contributed by atoms with Crippen molar-refractivity contribution in [3.63, 3.8) is 0 Å². The molecule has 3 heterocycles. The molecule has 9 heteroatoms. The average molecular weight is 410 g/mol. The first-order valence-corrected chi connectivity index (χ1v) is 10.7. The van der Waals surface area contributed by atoms with Gasteiger partial charge in [-0.15, -0.1) is 0 Å². The molecule has 1 aliphatic carbocycles. The second-order valence-corrected chi connectivity index (χ2v) is 8.87. The summed E-state index contributed by atoms with van der Waals surface area (Å²) in [6.07, 6.45) is -0.731. The molecule has 8 nitrogen and oxygen atoms in total. The molecule has 0 aromatic rings. The van der Waals surface area contributed by atoms with Gasteiger partial charge in [0.15, 0.2) is 11.5 Å². The number of fused-ring (bicyclic) bond motifs is 4. The zero-order valence-corrected chi connectivity index (χ0v) is 17.0. The van der Waals surface area contributed by atoms with Crippen LogP contribution in [0.5, 0.6) is 0 Å². The molecule has 3 N–H and O–H groups in total. The van der Waals surface area contributed by atoms with Crippen LogP contribution in [0.15, 0.2) is 22.6 Å². The number of piperazine rings is 1. The molecule has 0 bridgehead atoms. The second-order valence-electron chi connectivity index (χ2n) is 7.55. The number of allylic oxidation sites excluding steroid dienone is 2. The van der Waals surface area contributed by atoms with Crippen LogP contribution in [0.1, 0.15) is 13.8 Å². The Morgan fingerprint density at radius 2 is 2.14 bits per heavy atom. The van der Waals surface area contributed by atoms with Gasteiger partial charge in [0, 0.05) is 36.6 Å². The summed E-state index contributed by atoms with van der Waals surface area (Å²) >= 11 is 1.57. The number of hydrogen-bond donors (Lipinski definition) is 3. The van der Waals surface area contributed by atoms with Crippen LogP contribution in [0, 0.1) is 5.92 Å². The predicted octanol–water partition coefficient (Wildman–Crippen LogP) is -0.582. The van der Waals surface area contributed by atoms with Gasteiger partial charge in [0.25, 0.3) is 0 Å². The summed E-state index contributed by atoms with van der Waals surface area (Å²) in [6, 6.07) is 0.164. The molecule has 0 saturated carbocycles. The van der Waals surface area contributed by atoms with Crippen LogP contribution in [-0.4, -0.2) is 89.0 Å². The summed E-state index contributed by atoms with van der Waals surface area (Å²) in [7, 11) is 1.55. The van der Waals surface area contributed by atoms with Gasteiger partial charge in [-0.05, 0) is 12.7 Å². The monoisotopic (exact) mass is 410 g/mol. The van der Waals surface area contributed by atoms with E-state index in [0.717, 1.165) is 5.75 Å². The molecule has 28 heavy (non-hydrogen) atoms. The van der Waals surface area contributed by atoms with Crippen molar-refractivity contribution in [2.45, 2.75) is 37.8 Å². The number of thioether (sulfide) groups is 1. The smallest absolute Gasteiger partial charge is 0.226 e. The lowest BCUT2D eigenvalue weighted by Crippen LogP contribution is -2.54. The first-order valence-electron chi connectivity index (χ1n) is 9.55. The van der Waals surface area contributed by atoms with E-state index in [2.05, 4.69) is 5.32 Å². The number of hydrogen-bond acceptors (Lipinski definition) is 9. The van der Waals surface area contributed by atoms with Gasteiger partial charge in [0.2, 0.25) is 11.6 Å². The number of ether oxygens (including phenoxy) is 2. The topological polar surface area (TPSA) is 118 Å². The molecule has 4 rings (SSSR count). The van der Waals surface area contributed by atoms with Gasteiger partial charge in [0.1, 0.15) is 6.61 Å². The summed E-state index contributed by atoms with van der Waals surface area (Å²) in [4.78, 5) is 28.3. The third-order valence-corrected chi connectivity index (χ3v) is 7.13. The standard InChI is InChI=1S/C19H26N2O6S/c1-4-28-8-10(23)7-27-17-9(2)15(24)14-13(16(17)25)11(6-22)19(26-3)18-12(20-18)5-21(14)19/h10-12,18,20,22-23H,4-8H2,1-3H3. The summed E-state index contributed by atoms with van der Waals surface area (Å²) in [5.41, 5.74) is -0.106. The van der Waals surface area contributed by atoms with Crippen molar-refractivity contribution >= 4 is 23.3 Å². The first kappa shape index (κ1) is 19.9. The van der Waals surface area contributed by atoms with Crippen LogP contribution in [-0.2, 0) is 19.1 Å². The highest BCUT2D eigenvalue weighted by Gasteiger charge is 2.72. The molecule has 154 valence electrons. The normalized spacial score (nSPS) is 34.6. The van der Waals surface area contributed by atoms with E-state index in [9.17, 15) is 19.8 Å². The van der Waals surface area contributed by atoms with Crippen LogP contribution in [0.25, 0.3) is 0 Å². The number of carbonyl (C=O) groups is 2. The van der Waals surface area contributed by atoms with Crippen LogP contribution < -0.4 is 5.32 Å². The molecule has 5 unspecified atom stereocenters.